The van der Waals surface area contributed by atoms with E-state index in [1.54, 1.807) is 6.07 Å². The highest BCUT2D eigenvalue weighted by Crippen LogP contribution is 2.27. The van der Waals surface area contributed by atoms with E-state index in [-0.39, 0.29) is 6.04 Å². The number of nitrogens with one attached hydrogen (secondary N) is 1. The van der Waals surface area contributed by atoms with Crippen molar-refractivity contribution >= 4 is 23.5 Å². The summed E-state index contributed by atoms with van der Waals surface area (Å²) in [6.45, 7) is 5.20. The van der Waals surface area contributed by atoms with E-state index in [1.807, 2.05) is 17.8 Å². The average molecular weight is 283 g/mol. The average Bonchev–Trinajstić information content (AvgIpc) is 2.40. The minimum atomic E-state index is 0.206. The lowest BCUT2D eigenvalue weighted by atomic mass is 10.0. The largest absolute Gasteiger partial charge is 0.508 e. The van der Waals surface area contributed by atoms with E-state index in [2.05, 4.69) is 37.0 Å². The normalized spacial score (nSPS) is 21.8. The third-order valence-electron chi connectivity index (χ3n) is 3.19. The molecule has 1 fully saturated rings. The van der Waals surface area contributed by atoms with Crippen molar-refractivity contribution in [2.45, 2.75) is 25.1 Å². The zero-order valence-electron chi connectivity index (χ0n) is 11.0. The molecule has 100 valence electrons. The topological polar surface area (TPSA) is 32.3 Å². The number of phenolic OH excluding ortho intramolecular Hbond substituents is 1. The second kappa shape index (κ2) is 6.73. The first-order valence-corrected chi connectivity index (χ1v) is 8.59. The highest BCUT2D eigenvalue weighted by Gasteiger charge is 2.16. The van der Waals surface area contributed by atoms with Gasteiger partial charge in [0.05, 0.1) is 0 Å². The molecular weight excluding hydrogens is 262 g/mol. The number of benzene rings is 1. The van der Waals surface area contributed by atoms with Crippen LogP contribution in [0.2, 0.25) is 0 Å². The molecule has 1 aliphatic heterocycles. The second-order valence-corrected chi connectivity index (χ2v) is 7.32. The summed E-state index contributed by atoms with van der Waals surface area (Å²) in [6, 6.07) is 6.00. The highest BCUT2D eigenvalue weighted by molar-refractivity contribution is 8.06. The van der Waals surface area contributed by atoms with Crippen molar-refractivity contribution in [3.8, 4) is 5.75 Å². The molecule has 1 heterocycles. The molecule has 1 aromatic carbocycles. The quantitative estimate of drug-likeness (QED) is 0.889. The number of hydrogen-bond acceptors (Lipinski definition) is 4. The monoisotopic (exact) mass is 283 g/mol. The minimum absolute atomic E-state index is 0.206. The van der Waals surface area contributed by atoms with Crippen LogP contribution in [0.1, 0.15) is 24.1 Å². The molecule has 0 aromatic heterocycles. The lowest BCUT2D eigenvalue weighted by Crippen LogP contribution is -2.30. The van der Waals surface area contributed by atoms with Gasteiger partial charge in [0, 0.05) is 40.7 Å². The fourth-order valence-corrected chi connectivity index (χ4v) is 4.72. The Labute approximate surface area is 118 Å². The van der Waals surface area contributed by atoms with Gasteiger partial charge in [-0.25, -0.2) is 0 Å². The maximum Gasteiger partial charge on any atom is 0.120 e. The first-order chi connectivity index (χ1) is 8.66. The Kier molecular flexibility index (Phi) is 5.27. The summed E-state index contributed by atoms with van der Waals surface area (Å²) < 4.78 is 0. The summed E-state index contributed by atoms with van der Waals surface area (Å²) in [7, 11) is 0. The van der Waals surface area contributed by atoms with Gasteiger partial charge in [0.1, 0.15) is 5.75 Å². The molecule has 2 rings (SSSR count). The molecule has 2 nitrogen and oxygen atoms in total. The molecule has 0 aliphatic carbocycles. The van der Waals surface area contributed by atoms with E-state index >= 15 is 0 Å². The first kappa shape index (κ1) is 14.1. The molecule has 0 saturated carbocycles. The van der Waals surface area contributed by atoms with E-state index in [4.69, 9.17) is 0 Å². The summed E-state index contributed by atoms with van der Waals surface area (Å²) >= 11 is 4.11. The first-order valence-electron chi connectivity index (χ1n) is 6.39. The Morgan fingerprint density at radius 1 is 1.44 bits per heavy atom. The zero-order chi connectivity index (χ0) is 13.0. The van der Waals surface area contributed by atoms with Crippen LogP contribution in [-0.2, 0) is 0 Å². The number of aryl methyl sites for hydroxylation is 1. The molecule has 1 saturated heterocycles. The molecular formula is C14H21NOS2. The summed E-state index contributed by atoms with van der Waals surface area (Å²) in [5.74, 6) is 4.19. The fraction of sp³-hybridized carbons (Fsp3) is 0.571. The zero-order valence-corrected chi connectivity index (χ0v) is 12.6. The molecule has 1 aliphatic rings. The van der Waals surface area contributed by atoms with Crippen LogP contribution in [0.3, 0.4) is 0 Å². The van der Waals surface area contributed by atoms with Crippen LogP contribution in [0, 0.1) is 6.92 Å². The van der Waals surface area contributed by atoms with Crippen LogP contribution in [0.25, 0.3) is 0 Å². The predicted octanol–water partition coefficient (Wildman–Crippen LogP) is 3.20. The van der Waals surface area contributed by atoms with Gasteiger partial charge in [-0.3, -0.25) is 0 Å². The minimum Gasteiger partial charge on any atom is -0.508 e. The molecule has 0 bridgehead atoms. The lowest BCUT2D eigenvalue weighted by Gasteiger charge is -2.24. The molecule has 0 amide bonds. The van der Waals surface area contributed by atoms with Crippen molar-refractivity contribution in [3.05, 3.63) is 29.3 Å². The van der Waals surface area contributed by atoms with Gasteiger partial charge < -0.3 is 10.4 Å². The van der Waals surface area contributed by atoms with Crippen molar-refractivity contribution in [1.82, 2.24) is 5.32 Å². The number of rotatable bonds is 4. The molecule has 0 spiro atoms. The van der Waals surface area contributed by atoms with Gasteiger partial charge in [-0.15, -0.1) is 0 Å². The summed E-state index contributed by atoms with van der Waals surface area (Å²) in [4.78, 5) is 0. The SMILES string of the molecule is Cc1ccc(O)c(C(C)NCC2CSCCS2)c1. The maximum atomic E-state index is 9.89. The molecule has 18 heavy (non-hydrogen) atoms. The molecule has 4 heteroatoms. The van der Waals surface area contributed by atoms with Crippen LogP contribution in [0.15, 0.2) is 18.2 Å². The van der Waals surface area contributed by atoms with Crippen molar-refractivity contribution in [3.63, 3.8) is 0 Å². The van der Waals surface area contributed by atoms with Gasteiger partial charge in [-0.1, -0.05) is 17.7 Å². The van der Waals surface area contributed by atoms with Gasteiger partial charge in [-0.05, 0) is 19.9 Å². The standard InChI is InChI=1S/C14H21NOS2/c1-10-3-4-14(16)13(7-10)11(2)15-8-12-9-17-5-6-18-12/h3-4,7,11-12,15-16H,5-6,8-9H2,1-2H3. The van der Waals surface area contributed by atoms with Crippen molar-refractivity contribution in [1.29, 1.82) is 0 Å². The van der Waals surface area contributed by atoms with Gasteiger partial charge in [0.15, 0.2) is 0 Å². The van der Waals surface area contributed by atoms with E-state index < -0.39 is 0 Å². The molecule has 2 N–H and O–H groups in total. The fourth-order valence-electron chi connectivity index (χ4n) is 2.09. The smallest absolute Gasteiger partial charge is 0.120 e. The van der Waals surface area contributed by atoms with Gasteiger partial charge in [-0.2, -0.15) is 23.5 Å². The van der Waals surface area contributed by atoms with Crippen LogP contribution >= 0.6 is 23.5 Å². The number of hydrogen-bond donors (Lipinski definition) is 2. The van der Waals surface area contributed by atoms with Crippen molar-refractivity contribution in [2.24, 2.45) is 0 Å². The van der Waals surface area contributed by atoms with E-state index in [0.29, 0.717) is 11.0 Å². The molecule has 1 aromatic rings. The predicted molar refractivity (Wildman–Crippen MR) is 82.8 cm³/mol. The third-order valence-corrected chi connectivity index (χ3v) is 6.03. The summed E-state index contributed by atoms with van der Waals surface area (Å²) in [5.41, 5.74) is 2.20. The summed E-state index contributed by atoms with van der Waals surface area (Å²) in [6.07, 6.45) is 0. The molecule has 2 unspecified atom stereocenters. The Morgan fingerprint density at radius 3 is 3.00 bits per heavy atom. The van der Waals surface area contributed by atoms with Gasteiger partial charge in [0.25, 0.3) is 0 Å². The Bertz CT molecular complexity index is 391. The van der Waals surface area contributed by atoms with E-state index in [1.165, 1.54) is 22.8 Å². The summed E-state index contributed by atoms with van der Waals surface area (Å²) in [5, 5.41) is 14.1. The number of aromatic hydroxyl groups is 1. The van der Waals surface area contributed by atoms with Crippen molar-refractivity contribution in [2.75, 3.05) is 23.8 Å². The van der Waals surface area contributed by atoms with Crippen LogP contribution in [-0.4, -0.2) is 34.2 Å². The van der Waals surface area contributed by atoms with Crippen LogP contribution < -0.4 is 5.32 Å². The van der Waals surface area contributed by atoms with Gasteiger partial charge in [0.2, 0.25) is 0 Å². The van der Waals surface area contributed by atoms with Gasteiger partial charge >= 0.3 is 0 Å². The highest BCUT2D eigenvalue weighted by atomic mass is 32.2. The maximum absolute atomic E-state index is 9.89. The Balaban J connectivity index is 1.90. The second-order valence-electron chi connectivity index (χ2n) is 4.76. The Hall–Kier alpha value is -0.320. The number of phenols is 1. The molecule has 2 atom stereocenters. The van der Waals surface area contributed by atoms with Crippen molar-refractivity contribution < 1.29 is 5.11 Å². The Morgan fingerprint density at radius 2 is 2.28 bits per heavy atom. The lowest BCUT2D eigenvalue weighted by molar-refractivity contribution is 0.453. The van der Waals surface area contributed by atoms with E-state index in [0.717, 1.165) is 12.1 Å². The molecule has 0 radical (unpaired) electrons. The third kappa shape index (κ3) is 3.84. The number of thioether (sulfide) groups is 2. The van der Waals surface area contributed by atoms with Crippen LogP contribution in [0.4, 0.5) is 0 Å². The van der Waals surface area contributed by atoms with E-state index in [9.17, 15) is 5.11 Å². The van der Waals surface area contributed by atoms with Crippen LogP contribution in [0.5, 0.6) is 5.75 Å².